The van der Waals surface area contributed by atoms with E-state index in [1.807, 2.05) is 0 Å². The molecule has 1 aromatic carbocycles. The van der Waals surface area contributed by atoms with Gasteiger partial charge in [-0.1, -0.05) is 0 Å². The SMILES string of the molecule is Nc1cc(Br)c2c(c1)NC(=O)CCO2. The summed E-state index contributed by atoms with van der Waals surface area (Å²) in [6.07, 6.45) is 0.362. The molecular weight excluding hydrogens is 248 g/mol. The van der Waals surface area contributed by atoms with Gasteiger partial charge in [-0.2, -0.15) is 0 Å². The van der Waals surface area contributed by atoms with Gasteiger partial charge in [0.15, 0.2) is 5.75 Å². The van der Waals surface area contributed by atoms with Crippen LogP contribution in [0.5, 0.6) is 5.75 Å². The second kappa shape index (κ2) is 3.49. The van der Waals surface area contributed by atoms with Gasteiger partial charge in [0.1, 0.15) is 0 Å². The molecule has 2 rings (SSSR count). The van der Waals surface area contributed by atoms with E-state index in [1.165, 1.54) is 0 Å². The van der Waals surface area contributed by atoms with E-state index in [1.54, 1.807) is 12.1 Å². The van der Waals surface area contributed by atoms with Gasteiger partial charge in [-0.25, -0.2) is 0 Å². The van der Waals surface area contributed by atoms with Crippen molar-refractivity contribution < 1.29 is 9.53 Å². The van der Waals surface area contributed by atoms with Crippen molar-refractivity contribution in [1.29, 1.82) is 0 Å². The minimum Gasteiger partial charge on any atom is -0.490 e. The smallest absolute Gasteiger partial charge is 0.227 e. The highest BCUT2D eigenvalue weighted by Crippen LogP contribution is 2.37. The minimum absolute atomic E-state index is 0.0544. The van der Waals surface area contributed by atoms with E-state index in [2.05, 4.69) is 21.2 Å². The molecule has 0 radical (unpaired) electrons. The second-order valence-corrected chi connectivity index (χ2v) is 3.88. The van der Waals surface area contributed by atoms with Crippen LogP contribution in [0.4, 0.5) is 11.4 Å². The Labute approximate surface area is 89.6 Å². The zero-order chi connectivity index (χ0) is 10.1. The van der Waals surface area contributed by atoms with Crippen LogP contribution in [0.3, 0.4) is 0 Å². The summed E-state index contributed by atoms with van der Waals surface area (Å²) in [5.74, 6) is 0.589. The molecule has 0 saturated heterocycles. The third kappa shape index (κ3) is 1.68. The van der Waals surface area contributed by atoms with E-state index in [9.17, 15) is 4.79 Å². The van der Waals surface area contributed by atoms with Crippen molar-refractivity contribution in [2.45, 2.75) is 6.42 Å². The monoisotopic (exact) mass is 256 g/mol. The van der Waals surface area contributed by atoms with Gasteiger partial charge in [-0.05, 0) is 28.1 Å². The van der Waals surface area contributed by atoms with Crippen molar-refractivity contribution in [3.05, 3.63) is 16.6 Å². The largest absolute Gasteiger partial charge is 0.490 e. The molecule has 1 aromatic rings. The fraction of sp³-hybridized carbons (Fsp3) is 0.222. The maximum Gasteiger partial charge on any atom is 0.227 e. The first-order chi connectivity index (χ1) is 6.66. The van der Waals surface area contributed by atoms with Crippen LogP contribution in [0.15, 0.2) is 16.6 Å². The molecule has 0 bridgehead atoms. The number of carbonyl (C=O) groups excluding carboxylic acids is 1. The molecule has 1 aliphatic rings. The summed E-state index contributed by atoms with van der Waals surface area (Å²) in [6, 6.07) is 3.43. The molecule has 1 heterocycles. The summed E-state index contributed by atoms with van der Waals surface area (Å²) in [5.41, 5.74) is 6.85. The van der Waals surface area contributed by atoms with Crippen LogP contribution in [-0.2, 0) is 4.79 Å². The Kier molecular flexibility index (Phi) is 2.33. The van der Waals surface area contributed by atoms with Crippen LogP contribution in [-0.4, -0.2) is 12.5 Å². The Bertz CT molecular complexity index is 393. The van der Waals surface area contributed by atoms with Gasteiger partial charge in [0, 0.05) is 5.69 Å². The number of ether oxygens (including phenoxy) is 1. The highest BCUT2D eigenvalue weighted by atomic mass is 79.9. The van der Waals surface area contributed by atoms with Gasteiger partial charge in [0.25, 0.3) is 0 Å². The number of nitrogen functional groups attached to an aromatic ring is 1. The van der Waals surface area contributed by atoms with Crippen LogP contribution < -0.4 is 15.8 Å². The first-order valence-corrected chi connectivity index (χ1v) is 4.98. The Balaban J connectivity index is 2.50. The van der Waals surface area contributed by atoms with Crippen LogP contribution in [0.25, 0.3) is 0 Å². The molecule has 74 valence electrons. The molecule has 0 aliphatic carbocycles. The van der Waals surface area contributed by atoms with Crippen molar-refractivity contribution in [1.82, 2.24) is 0 Å². The molecule has 0 atom stereocenters. The topological polar surface area (TPSA) is 64.3 Å². The first kappa shape index (κ1) is 9.33. The average Bonchev–Trinajstić information content (AvgIpc) is 2.25. The van der Waals surface area contributed by atoms with E-state index in [-0.39, 0.29) is 5.91 Å². The number of hydrogen-bond acceptors (Lipinski definition) is 3. The quantitative estimate of drug-likeness (QED) is 0.696. The Morgan fingerprint density at radius 3 is 3.07 bits per heavy atom. The Morgan fingerprint density at radius 1 is 1.50 bits per heavy atom. The summed E-state index contributed by atoms with van der Waals surface area (Å²) in [5, 5.41) is 2.73. The van der Waals surface area contributed by atoms with Crippen molar-refractivity contribution in [2.75, 3.05) is 17.7 Å². The third-order valence-electron chi connectivity index (χ3n) is 1.92. The second-order valence-electron chi connectivity index (χ2n) is 3.03. The van der Waals surface area contributed by atoms with Crippen molar-refractivity contribution in [2.24, 2.45) is 0 Å². The van der Waals surface area contributed by atoms with E-state index >= 15 is 0 Å². The number of nitrogens with two attached hydrogens (primary N) is 1. The predicted octanol–water partition coefficient (Wildman–Crippen LogP) is 1.75. The normalized spacial score (nSPS) is 15.1. The average molecular weight is 257 g/mol. The minimum atomic E-state index is -0.0544. The number of carbonyl (C=O) groups is 1. The molecule has 3 N–H and O–H groups in total. The molecular formula is C9H9BrN2O2. The van der Waals surface area contributed by atoms with Crippen LogP contribution >= 0.6 is 15.9 Å². The number of benzene rings is 1. The summed E-state index contributed by atoms with van der Waals surface area (Å²) in [4.78, 5) is 11.2. The Morgan fingerprint density at radius 2 is 2.29 bits per heavy atom. The lowest BCUT2D eigenvalue weighted by atomic mass is 10.2. The summed E-state index contributed by atoms with van der Waals surface area (Å²) in [7, 11) is 0. The molecule has 1 aliphatic heterocycles. The lowest BCUT2D eigenvalue weighted by molar-refractivity contribution is -0.116. The fourth-order valence-electron chi connectivity index (χ4n) is 1.31. The molecule has 0 aromatic heterocycles. The van der Waals surface area contributed by atoms with Crippen molar-refractivity contribution >= 4 is 33.2 Å². The number of fused-ring (bicyclic) bond motifs is 1. The van der Waals surface area contributed by atoms with Crippen molar-refractivity contribution in [3.8, 4) is 5.75 Å². The molecule has 0 spiro atoms. The maximum absolute atomic E-state index is 11.2. The molecule has 5 heteroatoms. The van der Waals surface area contributed by atoms with Gasteiger partial charge in [-0.15, -0.1) is 0 Å². The maximum atomic E-state index is 11.2. The number of hydrogen-bond donors (Lipinski definition) is 2. The lowest BCUT2D eigenvalue weighted by Crippen LogP contribution is -2.10. The molecule has 1 amide bonds. The van der Waals surface area contributed by atoms with Gasteiger partial charge >= 0.3 is 0 Å². The summed E-state index contributed by atoms with van der Waals surface area (Å²) >= 11 is 3.33. The van der Waals surface area contributed by atoms with E-state index < -0.39 is 0 Å². The van der Waals surface area contributed by atoms with Gasteiger partial charge in [0.2, 0.25) is 5.91 Å². The van der Waals surface area contributed by atoms with E-state index in [0.29, 0.717) is 30.2 Å². The van der Waals surface area contributed by atoms with Gasteiger partial charge in [0.05, 0.1) is 23.2 Å². The molecule has 0 saturated carbocycles. The number of anilines is 2. The zero-order valence-electron chi connectivity index (χ0n) is 7.34. The number of amides is 1. The van der Waals surface area contributed by atoms with E-state index in [4.69, 9.17) is 10.5 Å². The highest BCUT2D eigenvalue weighted by Gasteiger charge is 2.16. The number of halogens is 1. The number of nitrogens with one attached hydrogen (secondary N) is 1. The first-order valence-electron chi connectivity index (χ1n) is 4.18. The van der Waals surface area contributed by atoms with Crippen molar-refractivity contribution in [3.63, 3.8) is 0 Å². The Hall–Kier alpha value is -1.23. The zero-order valence-corrected chi connectivity index (χ0v) is 8.93. The van der Waals surface area contributed by atoms with Gasteiger partial charge in [-0.3, -0.25) is 4.79 Å². The number of rotatable bonds is 0. The molecule has 14 heavy (non-hydrogen) atoms. The van der Waals surface area contributed by atoms with Crippen LogP contribution in [0, 0.1) is 0 Å². The van der Waals surface area contributed by atoms with Crippen LogP contribution in [0.2, 0.25) is 0 Å². The molecule has 0 unspecified atom stereocenters. The summed E-state index contributed by atoms with van der Waals surface area (Å²) < 4.78 is 6.18. The third-order valence-corrected chi connectivity index (χ3v) is 2.50. The van der Waals surface area contributed by atoms with E-state index in [0.717, 1.165) is 4.47 Å². The van der Waals surface area contributed by atoms with Gasteiger partial charge < -0.3 is 15.8 Å². The van der Waals surface area contributed by atoms with Crippen LogP contribution in [0.1, 0.15) is 6.42 Å². The molecule has 4 nitrogen and oxygen atoms in total. The summed E-state index contributed by atoms with van der Waals surface area (Å²) in [6.45, 7) is 0.390. The lowest BCUT2D eigenvalue weighted by Gasteiger charge is -2.09. The predicted molar refractivity (Wildman–Crippen MR) is 57.3 cm³/mol. The fourth-order valence-corrected chi connectivity index (χ4v) is 1.90. The highest BCUT2D eigenvalue weighted by molar-refractivity contribution is 9.10. The standard InChI is InChI=1S/C9H9BrN2O2/c10-6-3-5(11)4-7-9(6)14-2-1-8(13)12-7/h3-4H,1-2,11H2,(H,12,13). The molecule has 0 fully saturated rings.